The fourth-order valence-corrected chi connectivity index (χ4v) is 2.20. The molecule has 2 rings (SSSR count). The summed E-state index contributed by atoms with van der Waals surface area (Å²) in [6.45, 7) is 4.18. The summed E-state index contributed by atoms with van der Waals surface area (Å²) in [4.78, 5) is 16.3. The Labute approximate surface area is 103 Å². The third-order valence-corrected chi connectivity index (χ3v) is 3.32. The second-order valence-corrected chi connectivity index (χ2v) is 4.64. The minimum absolute atomic E-state index is 0.116. The molecule has 3 heteroatoms. The molecule has 1 aliphatic rings. The molecule has 1 saturated heterocycles. The van der Waals surface area contributed by atoms with E-state index in [1.165, 1.54) is 25.9 Å². The van der Waals surface area contributed by atoms with Gasteiger partial charge in [-0.15, -0.1) is 0 Å². The molecule has 0 aliphatic carbocycles. The van der Waals surface area contributed by atoms with Crippen LogP contribution < -0.4 is 0 Å². The van der Waals surface area contributed by atoms with Crippen molar-refractivity contribution in [2.24, 2.45) is 0 Å². The van der Waals surface area contributed by atoms with Crippen LogP contribution >= 0.6 is 0 Å². The highest BCUT2D eigenvalue weighted by molar-refractivity contribution is 5.93. The Kier molecular flexibility index (Phi) is 4.15. The van der Waals surface area contributed by atoms with Crippen molar-refractivity contribution in [1.29, 1.82) is 0 Å². The van der Waals surface area contributed by atoms with Crippen LogP contribution in [0, 0.1) is 0 Å². The average molecular weight is 232 g/mol. The first-order valence-electron chi connectivity index (χ1n) is 6.30. The molecule has 1 amide bonds. The predicted octanol–water partition coefficient (Wildman–Crippen LogP) is 1.85. The third-order valence-electron chi connectivity index (χ3n) is 3.32. The van der Waals surface area contributed by atoms with Gasteiger partial charge in [-0.3, -0.25) is 4.79 Å². The molecule has 0 N–H and O–H groups in total. The van der Waals surface area contributed by atoms with E-state index in [4.69, 9.17) is 0 Å². The van der Waals surface area contributed by atoms with Crippen molar-refractivity contribution >= 4 is 5.91 Å². The van der Waals surface area contributed by atoms with Gasteiger partial charge in [-0.2, -0.15) is 0 Å². The lowest BCUT2D eigenvalue weighted by atomic mass is 10.2. The summed E-state index contributed by atoms with van der Waals surface area (Å²) in [7, 11) is 1.88. The van der Waals surface area contributed by atoms with Crippen LogP contribution in [-0.4, -0.2) is 48.9 Å². The summed E-state index contributed by atoms with van der Waals surface area (Å²) in [6.07, 6.45) is 2.60. The number of likely N-dealkylation sites (tertiary alicyclic amines) is 1. The first-order valence-corrected chi connectivity index (χ1v) is 6.30. The van der Waals surface area contributed by atoms with Crippen molar-refractivity contribution in [3.63, 3.8) is 0 Å². The Balaban J connectivity index is 1.83. The van der Waals surface area contributed by atoms with Gasteiger partial charge in [0.2, 0.25) is 0 Å². The summed E-state index contributed by atoms with van der Waals surface area (Å²) in [5, 5.41) is 0. The molecule has 0 unspecified atom stereocenters. The van der Waals surface area contributed by atoms with Crippen LogP contribution in [0.5, 0.6) is 0 Å². The van der Waals surface area contributed by atoms with Gasteiger partial charge in [0.25, 0.3) is 5.91 Å². The van der Waals surface area contributed by atoms with Gasteiger partial charge in [0, 0.05) is 25.7 Å². The van der Waals surface area contributed by atoms with Gasteiger partial charge in [-0.1, -0.05) is 18.2 Å². The maximum Gasteiger partial charge on any atom is 0.253 e. The summed E-state index contributed by atoms with van der Waals surface area (Å²) in [6, 6.07) is 9.48. The van der Waals surface area contributed by atoms with Crippen LogP contribution in [-0.2, 0) is 0 Å². The largest absolute Gasteiger partial charge is 0.340 e. The van der Waals surface area contributed by atoms with Crippen LogP contribution in [0.2, 0.25) is 0 Å². The van der Waals surface area contributed by atoms with E-state index in [-0.39, 0.29) is 5.91 Å². The molecule has 0 radical (unpaired) electrons. The number of rotatable bonds is 4. The van der Waals surface area contributed by atoms with Crippen LogP contribution in [0.15, 0.2) is 30.3 Å². The summed E-state index contributed by atoms with van der Waals surface area (Å²) < 4.78 is 0. The maximum atomic E-state index is 12.1. The fraction of sp³-hybridized carbons (Fsp3) is 0.500. The second kappa shape index (κ2) is 5.82. The van der Waals surface area contributed by atoms with Crippen molar-refractivity contribution < 1.29 is 4.79 Å². The van der Waals surface area contributed by atoms with Crippen molar-refractivity contribution in [3.8, 4) is 0 Å². The quantitative estimate of drug-likeness (QED) is 0.791. The molecule has 17 heavy (non-hydrogen) atoms. The van der Waals surface area contributed by atoms with Crippen LogP contribution in [0.25, 0.3) is 0 Å². The first kappa shape index (κ1) is 12.1. The van der Waals surface area contributed by atoms with E-state index >= 15 is 0 Å². The summed E-state index contributed by atoms with van der Waals surface area (Å²) in [5.74, 6) is 0.116. The maximum absolute atomic E-state index is 12.1. The molecule has 0 spiro atoms. The van der Waals surface area contributed by atoms with E-state index in [0.717, 1.165) is 18.7 Å². The van der Waals surface area contributed by atoms with E-state index in [0.29, 0.717) is 0 Å². The number of benzene rings is 1. The van der Waals surface area contributed by atoms with Gasteiger partial charge >= 0.3 is 0 Å². The minimum atomic E-state index is 0.116. The van der Waals surface area contributed by atoms with E-state index in [1.54, 1.807) is 0 Å². The van der Waals surface area contributed by atoms with Crippen molar-refractivity contribution in [2.45, 2.75) is 12.8 Å². The summed E-state index contributed by atoms with van der Waals surface area (Å²) in [5.41, 5.74) is 0.774. The Morgan fingerprint density at radius 2 is 1.88 bits per heavy atom. The number of carbonyl (C=O) groups excluding carboxylic acids is 1. The van der Waals surface area contributed by atoms with E-state index in [2.05, 4.69) is 4.90 Å². The molecular weight excluding hydrogens is 212 g/mol. The highest BCUT2D eigenvalue weighted by Crippen LogP contribution is 2.07. The highest BCUT2D eigenvalue weighted by Gasteiger charge is 2.14. The molecule has 1 fully saturated rings. The monoisotopic (exact) mass is 232 g/mol. The van der Waals surface area contributed by atoms with Crippen molar-refractivity contribution in [2.75, 3.05) is 33.2 Å². The molecule has 0 aromatic heterocycles. The number of nitrogens with zero attached hydrogens (tertiary/aromatic N) is 2. The molecule has 0 saturated carbocycles. The zero-order valence-corrected chi connectivity index (χ0v) is 10.4. The number of likely N-dealkylation sites (N-methyl/N-ethyl adjacent to an activating group) is 1. The third kappa shape index (κ3) is 3.30. The Morgan fingerprint density at radius 3 is 2.53 bits per heavy atom. The number of carbonyl (C=O) groups is 1. The molecule has 1 aromatic rings. The summed E-state index contributed by atoms with van der Waals surface area (Å²) >= 11 is 0. The Bertz CT molecular complexity index is 358. The molecule has 3 nitrogen and oxygen atoms in total. The first-order chi connectivity index (χ1) is 8.27. The van der Waals surface area contributed by atoms with Gasteiger partial charge in [-0.25, -0.2) is 0 Å². The zero-order valence-electron chi connectivity index (χ0n) is 10.4. The number of hydrogen-bond acceptors (Lipinski definition) is 2. The van der Waals surface area contributed by atoms with Crippen LogP contribution in [0.1, 0.15) is 23.2 Å². The smallest absolute Gasteiger partial charge is 0.253 e. The molecule has 0 bridgehead atoms. The highest BCUT2D eigenvalue weighted by atomic mass is 16.2. The molecule has 1 heterocycles. The zero-order chi connectivity index (χ0) is 12.1. The SMILES string of the molecule is CN(CCN1CCCC1)C(=O)c1ccccc1. The van der Waals surface area contributed by atoms with Gasteiger partial charge in [0.05, 0.1) is 0 Å². The second-order valence-electron chi connectivity index (χ2n) is 4.64. The normalized spacial score (nSPS) is 16.1. The lowest BCUT2D eigenvalue weighted by Crippen LogP contribution is -2.35. The fourth-order valence-electron chi connectivity index (χ4n) is 2.20. The molecule has 1 aliphatic heterocycles. The average Bonchev–Trinajstić information content (AvgIpc) is 2.89. The topological polar surface area (TPSA) is 23.6 Å². The molecule has 0 atom stereocenters. The lowest BCUT2D eigenvalue weighted by molar-refractivity contribution is 0.0782. The predicted molar refractivity (Wildman–Crippen MR) is 69.1 cm³/mol. The van der Waals surface area contributed by atoms with E-state index in [9.17, 15) is 4.79 Å². The number of amides is 1. The molecular formula is C14H20N2O. The number of hydrogen-bond donors (Lipinski definition) is 0. The van der Waals surface area contributed by atoms with E-state index < -0.39 is 0 Å². The van der Waals surface area contributed by atoms with Crippen molar-refractivity contribution in [1.82, 2.24) is 9.80 Å². The van der Waals surface area contributed by atoms with Gasteiger partial charge in [0.15, 0.2) is 0 Å². The van der Waals surface area contributed by atoms with Gasteiger partial charge in [-0.05, 0) is 38.1 Å². The van der Waals surface area contributed by atoms with Crippen LogP contribution in [0.4, 0.5) is 0 Å². The van der Waals surface area contributed by atoms with E-state index in [1.807, 2.05) is 42.3 Å². The standard InChI is InChI=1S/C14H20N2O/c1-15(11-12-16-9-5-6-10-16)14(17)13-7-3-2-4-8-13/h2-4,7-8H,5-6,9-12H2,1H3. The Morgan fingerprint density at radius 1 is 1.24 bits per heavy atom. The molecule has 92 valence electrons. The lowest BCUT2D eigenvalue weighted by Gasteiger charge is -2.21. The minimum Gasteiger partial charge on any atom is -0.340 e. The Hall–Kier alpha value is -1.35. The molecule has 1 aromatic carbocycles. The van der Waals surface area contributed by atoms with Crippen molar-refractivity contribution in [3.05, 3.63) is 35.9 Å². The van der Waals surface area contributed by atoms with Gasteiger partial charge in [0.1, 0.15) is 0 Å². The van der Waals surface area contributed by atoms with Crippen LogP contribution in [0.3, 0.4) is 0 Å². The van der Waals surface area contributed by atoms with Gasteiger partial charge < -0.3 is 9.80 Å².